The smallest absolute Gasteiger partial charge is 0.356 e. The number of aromatic amines is 1. The molecule has 1 heterocycles. The zero-order valence-corrected chi connectivity index (χ0v) is 12.7. The highest BCUT2D eigenvalue weighted by molar-refractivity contribution is 7.71. The van der Waals surface area contributed by atoms with Crippen LogP contribution in [0.3, 0.4) is 0 Å². The highest BCUT2D eigenvalue weighted by Crippen LogP contribution is 2.33. The molecule has 0 saturated heterocycles. The van der Waals surface area contributed by atoms with Gasteiger partial charge in [-0.15, -0.1) is 0 Å². The lowest BCUT2D eigenvalue weighted by Gasteiger charge is -2.14. The first-order valence-corrected chi connectivity index (χ1v) is 7.36. The van der Waals surface area contributed by atoms with E-state index in [1.807, 2.05) is 0 Å². The molecule has 2 aromatic rings. The maximum Gasteiger partial charge on any atom is 0.356 e. The second kappa shape index (κ2) is 5.64. The maximum atomic E-state index is 13.9. The van der Waals surface area contributed by atoms with Crippen molar-refractivity contribution in [1.29, 1.82) is 0 Å². The number of esters is 1. The van der Waals surface area contributed by atoms with E-state index in [4.69, 9.17) is 17.0 Å². The second-order valence-corrected chi connectivity index (χ2v) is 5.54. The van der Waals surface area contributed by atoms with E-state index in [1.54, 1.807) is 11.5 Å². The Balaban J connectivity index is 1.98. The molecule has 0 amide bonds. The minimum atomic E-state index is -0.597. The minimum absolute atomic E-state index is 0.232. The van der Waals surface area contributed by atoms with Gasteiger partial charge in [-0.3, -0.25) is 0 Å². The predicted octanol–water partition coefficient (Wildman–Crippen LogP) is 3.34. The van der Waals surface area contributed by atoms with Crippen molar-refractivity contribution >= 4 is 18.2 Å². The fourth-order valence-electron chi connectivity index (χ4n) is 2.92. The Kier molecular flexibility index (Phi) is 3.82. The fourth-order valence-corrected chi connectivity index (χ4v) is 3.22. The summed E-state index contributed by atoms with van der Waals surface area (Å²) in [7, 11) is 0. The van der Waals surface area contributed by atoms with Gasteiger partial charge in [0, 0.05) is 18.3 Å². The molecule has 0 fully saturated rings. The van der Waals surface area contributed by atoms with Crippen molar-refractivity contribution in [3.63, 3.8) is 0 Å². The lowest BCUT2D eigenvalue weighted by molar-refractivity contribution is 0.0511. The Labute approximate surface area is 130 Å². The van der Waals surface area contributed by atoms with Crippen LogP contribution in [0.25, 0.3) is 0 Å². The Morgan fingerprint density at radius 3 is 2.95 bits per heavy atom. The predicted molar refractivity (Wildman–Crippen MR) is 78.4 cm³/mol. The van der Waals surface area contributed by atoms with E-state index in [2.05, 4.69) is 4.98 Å². The Hall–Kier alpha value is -2.02. The summed E-state index contributed by atoms with van der Waals surface area (Å²) in [5, 5.41) is 0. The number of nitrogens with zero attached hydrogens (tertiary/aromatic N) is 1. The van der Waals surface area contributed by atoms with Gasteiger partial charge >= 0.3 is 5.97 Å². The number of ether oxygens (including phenoxy) is 1. The van der Waals surface area contributed by atoms with Gasteiger partial charge in [0.1, 0.15) is 17.3 Å². The van der Waals surface area contributed by atoms with Crippen molar-refractivity contribution < 1.29 is 18.3 Å². The summed E-state index contributed by atoms with van der Waals surface area (Å²) in [4.78, 5) is 14.8. The number of benzene rings is 1. The number of halogens is 2. The Morgan fingerprint density at radius 2 is 2.23 bits per heavy atom. The molecule has 1 aromatic heterocycles. The molecule has 22 heavy (non-hydrogen) atoms. The summed E-state index contributed by atoms with van der Waals surface area (Å²) >= 11 is 5.21. The molecule has 4 nitrogen and oxygen atoms in total. The van der Waals surface area contributed by atoms with E-state index >= 15 is 0 Å². The normalized spacial score (nSPS) is 16.6. The van der Waals surface area contributed by atoms with Crippen molar-refractivity contribution in [2.24, 2.45) is 0 Å². The molecule has 1 N–H and O–H groups in total. The minimum Gasteiger partial charge on any atom is -0.461 e. The summed E-state index contributed by atoms with van der Waals surface area (Å²) in [5.74, 6) is -1.64. The van der Waals surface area contributed by atoms with Crippen LogP contribution in [0.1, 0.15) is 34.6 Å². The molecule has 1 unspecified atom stereocenters. The number of imidazole rings is 1. The Bertz CT molecular complexity index is 797. The molecule has 0 aliphatic heterocycles. The zero-order valence-electron chi connectivity index (χ0n) is 11.9. The monoisotopic (exact) mass is 324 g/mol. The van der Waals surface area contributed by atoms with E-state index in [9.17, 15) is 13.6 Å². The number of H-pyrrole nitrogens is 1. The zero-order chi connectivity index (χ0) is 15.9. The van der Waals surface area contributed by atoms with Gasteiger partial charge in [-0.1, -0.05) is 0 Å². The first-order valence-electron chi connectivity index (χ1n) is 6.95. The lowest BCUT2D eigenvalue weighted by atomic mass is 10.1. The molecular formula is C15H14F2N2O2S. The number of aromatic nitrogens is 2. The summed E-state index contributed by atoms with van der Waals surface area (Å²) in [6, 6.07) is 1.98. The van der Waals surface area contributed by atoms with Crippen LogP contribution in [0.4, 0.5) is 8.78 Å². The number of hydrogen-bond donors (Lipinski definition) is 1. The molecule has 1 aliphatic carbocycles. The van der Waals surface area contributed by atoms with Crippen LogP contribution >= 0.6 is 12.2 Å². The molecule has 116 valence electrons. The lowest BCUT2D eigenvalue weighted by Crippen LogP contribution is -2.17. The molecule has 0 spiro atoms. The SMILES string of the molecule is CCOC(=O)c1c[nH]c(=S)n1C1Cc2cc(F)cc(F)c2C1. The largest absolute Gasteiger partial charge is 0.461 e. The van der Waals surface area contributed by atoms with Gasteiger partial charge in [-0.25, -0.2) is 13.6 Å². The molecule has 0 radical (unpaired) electrons. The number of carbonyl (C=O) groups excluding carboxylic acids is 1. The first-order chi connectivity index (χ1) is 10.5. The number of hydrogen-bond acceptors (Lipinski definition) is 3. The number of fused-ring (bicyclic) bond motifs is 1. The van der Waals surface area contributed by atoms with Crippen molar-refractivity contribution in [3.05, 3.63) is 51.6 Å². The summed E-state index contributed by atoms with van der Waals surface area (Å²) < 4.78 is 34.2. The molecule has 0 saturated carbocycles. The van der Waals surface area contributed by atoms with Gasteiger partial charge in [0.2, 0.25) is 0 Å². The van der Waals surface area contributed by atoms with Crippen molar-refractivity contribution in [2.75, 3.05) is 6.61 Å². The highest BCUT2D eigenvalue weighted by Gasteiger charge is 2.29. The first kappa shape index (κ1) is 14.9. The number of rotatable bonds is 3. The number of nitrogens with one attached hydrogen (secondary N) is 1. The third-order valence-corrected chi connectivity index (χ3v) is 4.12. The third-order valence-electron chi connectivity index (χ3n) is 3.81. The molecule has 7 heteroatoms. The van der Waals surface area contributed by atoms with Crippen LogP contribution in [0.2, 0.25) is 0 Å². The molecule has 1 aliphatic rings. The van der Waals surface area contributed by atoms with Crippen LogP contribution < -0.4 is 0 Å². The fraction of sp³-hybridized carbons (Fsp3) is 0.333. The quantitative estimate of drug-likeness (QED) is 0.696. The summed E-state index contributed by atoms with van der Waals surface area (Å²) in [6.07, 6.45) is 2.27. The van der Waals surface area contributed by atoms with Crippen LogP contribution in [-0.4, -0.2) is 22.1 Å². The van der Waals surface area contributed by atoms with Gasteiger partial charge in [0.15, 0.2) is 4.77 Å². The van der Waals surface area contributed by atoms with Crippen LogP contribution in [0, 0.1) is 16.4 Å². The average molecular weight is 324 g/mol. The molecular weight excluding hydrogens is 310 g/mol. The van der Waals surface area contributed by atoms with Gasteiger partial charge in [0.25, 0.3) is 0 Å². The Morgan fingerprint density at radius 1 is 1.45 bits per heavy atom. The maximum absolute atomic E-state index is 13.9. The second-order valence-electron chi connectivity index (χ2n) is 5.16. The van der Waals surface area contributed by atoms with E-state index in [0.717, 1.165) is 6.07 Å². The summed E-state index contributed by atoms with van der Waals surface area (Å²) in [5.41, 5.74) is 1.38. The topological polar surface area (TPSA) is 47.0 Å². The molecule has 3 rings (SSSR count). The van der Waals surface area contributed by atoms with E-state index in [1.165, 1.54) is 12.3 Å². The summed E-state index contributed by atoms with van der Waals surface area (Å²) in [6.45, 7) is 1.97. The van der Waals surface area contributed by atoms with Crippen LogP contribution in [-0.2, 0) is 17.6 Å². The van der Waals surface area contributed by atoms with Gasteiger partial charge in [-0.05, 0) is 49.2 Å². The molecule has 0 bridgehead atoms. The number of carbonyl (C=O) groups is 1. The van der Waals surface area contributed by atoms with Gasteiger partial charge in [-0.2, -0.15) is 0 Å². The van der Waals surface area contributed by atoms with Gasteiger partial charge < -0.3 is 14.3 Å². The van der Waals surface area contributed by atoms with Gasteiger partial charge in [0.05, 0.1) is 6.61 Å². The van der Waals surface area contributed by atoms with Crippen molar-refractivity contribution in [2.45, 2.75) is 25.8 Å². The average Bonchev–Trinajstić information content (AvgIpc) is 3.02. The van der Waals surface area contributed by atoms with E-state index in [0.29, 0.717) is 34.4 Å². The van der Waals surface area contributed by atoms with Crippen LogP contribution in [0.5, 0.6) is 0 Å². The third kappa shape index (κ3) is 2.45. The van der Waals surface area contributed by atoms with Crippen molar-refractivity contribution in [3.8, 4) is 0 Å². The van der Waals surface area contributed by atoms with Crippen LogP contribution in [0.15, 0.2) is 18.3 Å². The highest BCUT2D eigenvalue weighted by atomic mass is 32.1. The standard InChI is InChI=1S/C15H14F2N2O2S/c1-2-21-14(20)13-7-18-15(22)19(13)10-4-8-3-9(16)5-12(17)11(8)6-10/h3,5,7,10H,2,4,6H2,1H3,(H,18,22). The van der Waals surface area contributed by atoms with E-state index < -0.39 is 17.6 Å². The molecule has 1 aromatic carbocycles. The van der Waals surface area contributed by atoms with E-state index in [-0.39, 0.29) is 12.6 Å². The van der Waals surface area contributed by atoms with Crippen molar-refractivity contribution in [1.82, 2.24) is 9.55 Å². The molecule has 1 atom stereocenters.